The molecule has 0 saturated heterocycles. The highest BCUT2D eigenvalue weighted by Gasteiger charge is 2.20. The molecule has 116 valence electrons. The predicted octanol–water partition coefficient (Wildman–Crippen LogP) is 4.70. The van der Waals surface area contributed by atoms with E-state index in [-0.39, 0.29) is 10.6 Å². The normalized spacial score (nSPS) is 18.2. The number of halogens is 1. The summed E-state index contributed by atoms with van der Waals surface area (Å²) in [7, 11) is 0. The van der Waals surface area contributed by atoms with Crippen LogP contribution in [-0.4, -0.2) is 11.0 Å². The summed E-state index contributed by atoms with van der Waals surface area (Å²) in [6.07, 6.45) is 7.78. The van der Waals surface area contributed by atoms with Gasteiger partial charge in [0.25, 0.3) is 5.69 Å². The fraction of sp³-hybridized carbons (Fsp3) is 0.625. The molecule has 1 aliphatic carbocycles. The van der Waals surface area contributed by atoms with E-state index in [9.17, 15) is 10.1 Å². The average Bonchev–Trinajstić information content (AvgIpc) is 2.73. The van der Waals surface area contributed by atoms with Crippen molar-refractivity contribution in [2.75, 3.05) is 0 Å². The molecule has 1 atom stereocenters. The Kier molecular flexibility index (Phi) is 6.00. The molecular formula is C16H23ClN2O2. The number of nitrogens with zero attached hydrogens (tertiary/aromatic N) is 1. The molecule has 0 heterocycles. The highest BCUT2D eigenvalue weighted by molar-refractivity contribution is 6.30. The zero-order valence-electron chi connectivity index (χ0n) is 12.5. The minimum Gasteiger partial charge on any atom is -0.310 e. The lowest BCUT2D eigenvalue weighted by Gasteiger charge is -2.23. The zero-order chi connectivity index (χ0) is 15.2. The summed E-state index contributed by atoms with van der Waals surface area (Å²) in [6, 6.07) is 5.11. The number of hydrogen-bond donors (Lipinski definition) is 1. The van der Waals surface area contributed by atoms with Crippen molar-refractivity contribution in [3.05, 3.63) is 38.9 Å². The van der Waals surface area contributed by atoms with E-state index in [0.717, 1.165) is 0 Å². The van der Waals surface area contributed by atoms with Gasteiger partial charge in [-0.2, -0.15) is 0 Å². The Morgan fingerprint density at radius 1 is 1.33 bits per heavy atom. The van der Waals surface area contributed by atoms with E-state index in [1.54, 1.807) is 12.1 Å². The van der Waals surface area contributed by atoms with Crippen molar-refractivity contribution in [2.45, 2.75) is 58.0 Å². The smallest absolute Gasteiger partial charge is 0.273 e. The lowest BCUT2D eigenvalue weighted by Crippen LogP contribution is -2.33. The third kappa shape index (κ3) is 4.68. The molecule has 4 nitrogen and oxygen atoms in total. The number of nitrogens with one attached hydrogen (secondary N) is 1. The van der Waals surface area contributed by atoms with Gasteiger partial charge in [-0.3, -0.25) is 10.1 Å². The molecule has 2 rings (SSSR count). The quantitative estimate of drug-likeness (QED) is 0.487. The van der Waals surface area contributed by atoms with E-state index in [2.05, 4.69) is 12.2 Å². The second kappa shape index (κ2) is 7.76. The molecular weight excluding hydrogens is 288 g/mol. The molecule has 0 aliphatic heterocycles. The first-order valence-electron chi connectivity index (χ1n) is 7.74. The van der Waals surface area contributed by atoms with Crippen LogP contribution in [0.2, 0.25) is 5.02 Å². The maximum Gasteiger partial charge on any atom is 0.273 e. The third-order valence-corrected chi connectivity index (χ3v) is 4.69. The molecule has 0 spiro atoms. The van der Waals surface area contributed by atoms with Crippen molar-refractivity contribution < 1.29 is 4.92 Å². The molecule has 1 aromatic rings. The Hall–Kier alpha value is -1.13. The lowest BCUT2D eigenvalue weighted by atomic mass is 9.93. The van der Waals surface area contributed by atoms with Crippen LogP contribution in [-0.2, 0) is 6.54 Å². The first-order valence-corrected chi connectivity index (χ1v) is 8.12. The lowest BCUT2D eigenvalue weighted by molar-refractivity contribution is -0.385. The fourth-order valence-electron chi connectivity index (χ4n) is 3.12. The van der Waals surface area contributed by atoms with Crippen LogP contribution in [0.25, 0.3) is 0 Å². The van der Waals surface area contributed by atoms with Crippen LogP contribution in [0.3, 0.4) is 0 Å². The van der Waals surface area contributed by atoms with E-state index in [4.69, 9.17) is 11.6 Å². The van der Waals surface area contributed by atoms with Gasteiger partial charge in [-0.1, -0.05) is 37.3 Å². The number of nitro benzene ring substituents is 1. The van der Waals surface area contributed by atoms with Crippen molar-refractivity contribution in [1.82, 2.24) is 5.32 Å². The number of rotatable bonds is 5. The van der Waals surface area contributed by atoms with E-state index in [1.165, 1.54) is 44.6 Å². The molecule has 0 radical (unpaired) electrons. The van der Waals surface area contributed by atoms with Gasteiger partial charge in [0.15, 0.2) is 0 Å². The summed E-state index contributed by atoms with van der Waals surface area (Å²) in [6.45, 7) is 2.68. The molecule has 1 aromatic carbocycles. The van der Waals surface area contributed by atoms with E-state index in [1.807, 2.05) is 0 Å². The number of nitro groups is 1. The van der Waals surface area contributed by atoms with Crippen LogP contribution in [0.4, 0.5) is 5.69 Å². The van der Waals surface area contributed by atoms with Crippen LogP contribution in [0, 0.1) is 16.0 Å². The molecule has 0 unspecified atom stereocenters. The van der Waals surface area contributed by atoms with Gasteiger partial charge in [0, 0.05) is 29.2 Å². The van der Waals surface area contributed by atoms with E-state index in [0.29, 0.717) is 29.1 Å². The molecule has 1 fully saturated rings. The zero-order valence-corrected chi connectivity index (χ0v) is 13.2. The van der Waals surface area contributed by atoms with Crippen LogP contribution >= 0.6 is 11.6 Å². The Balaban J connectivity index is 1.98. The summed E-state index contributed by atoms with van der Waals surface area (Å²) >= 11 is 5.96. The minimum absolute atomic E-state index is 0.139. The van der Waals surface area contributed by atoms with Crippen LogP contribution < -0.4 is 5.32 Å². The molecule has 1 aliphatic rings. The van der Waals surface area contributed by atoms with Crippen molar-refractivity contribution in [3.8, 4) is 0 Å². The Bertz CT molecular complexity index is 485. The van der Waals surface area contributed by atoms with Gasteiger partial charge in [0.05, 0.1) is 4.92 Å². The summed E-state index contributed by atoms with van der Waals surface area (Å²) < 4.78 is 0. The van der Waals surface area contributed by atoms with E-state index < -0.39 is 0 Å². The molecule has 0 aromatic heterocycles. The average molecular weight is 311 g/mol. The Morgan fingerprint density at radius 3 is 2.62 bits per heavy atom. The molecule has 5 heteroatoms. The van der Waals surface area contributed by atoms with Gasteiger partial charge < -0.3 is 5.32 Å². The van der Waals surface area contributed by atoms with Gasteiger partial charge in [-0.05, 0) is 37.8 Å². The summed E-state index contributed by atoms with van der Waals surface area (Å²) in [5.74, 6) is 0.672. The standard InChI is InChI=1S/C16H23ClN2O2/c1-12(13-6-4-2-3-5-7-13)18-11-14-10-15(17)8-9-16(14)19(20)21/h8-10,12-13,18H,2-7,11H2,1H3/t12-/m0/s1. The fourth-order valence-corrected chi connectivity index (χ4v) is 3.32. The Morgan fingerprint density at radius 2 is 2.00 bits per heavy atom. The maximum atomic E-state index is 11.1. The summed E-state index contributed by atoms with van der Waals surface area (Å²) in [5.41, 5.74) is 0.799. The topological polar surface area (TPSA) is 55.2 Å². The van der Waals surface area contributed by atoms with Crippen molar-refractivity contribution in [1.29, 1.82) is 0 Å². The maximum absolute atomic E-state index is 11.1. The van der Waals surface area contributed by atoms with Gasteiger partial charge in [-0.15, -0.1) is 0 Å². The van der Waals surface area contributed by atoms with Crippen molar-refractivity contribution in [2.24, 2.45) is 5.92 Å². The monoisotopic (exact) mass is 310 g/mol. The van der Waals surface area contributed by atoms with Crippen molar-refractivity contribution >= 4 is 17.3 Å². The first kappa shape index (κ1) is 16.2. The summed E-state index contributed by atoms with van der Waals surface area (Å²) in [5, 5.41) is 15.1. The number of hydrogen-bond acceptors (Lipinski definition) is 3. The largest absolute Gasteiger partial charge is 0.310 e. The van der Waals surface area contributed by atoms with Crippen LogP contribution in [0.5, 0.6) is 0 Å². The second-order valence-corrected chi connectivity index (χ2v) is 6.39. The van der Waals surface area contributed by atoms with Crippen LogP contribution in [0.1, 0.15) is 51.0 Å². The van der Waals surface area contributed by atoms with E-state index >= 15 is 0 Å². The second-order valence-electron chi connectivity index (χ2n) is 5.95. The molecule has 0 amide bonds. The first-order chi connectivity index (χ1) is 10.1. The third-order valence-electron chi connectivity index (χ3n) is 4.46. The number of benzene rings is 1. The molecule has 1 saturated carbocycles. The highest BCUT2D eigenvalue weighted by atomic mass is 35.5. The molecule has 1 N–H and O–H groups in total. The van der Waals surface area contributed by atoms with Gasteiger partial charge >= 0.3 is 0 Å². The van der Waals surface area contributed by atoms with Crippen LogP contribution in [0.15, 0.2) is 18.2 Å². The molecule has 21 heavy (non-hydrogen) atoms. The van der Waals surface area contributed by atoms with Gasteiger partial charge in [0.2, 0.25) is 0 Å². The van der Waals surface area contributed by atoms with Gasteiger partial charge in [0.1, 0.15) is 0 Å². The highest BCUT2D eigenvalue weighted by Crippen LogP contribution is 2.27. The minimum atomic E-state index is -0.344. The molecule has 0 bridgehead atoms. The summed E-state index contributed by atoms with van der Waals surface area (Å²) in [4.78, 5) is 10.7. The SMILES string of the molecule is C[C@H](NCc1cc(Cl)ccc1[N+](=O)[O-])C1CCCCCC1. The van der Waals surface area contributed by atoms with Gasteiger partial charge in [-0.25, -0.2) is 0 Å². The Labute approximate surface area is 131 Å². The predicted molar refractivity (Wildman–Crippen MR) is 85.6 cm³/mol. The van der Waals surface area contributed by atoms with Crippen molar-refractivity contribution in [3.63, 3.8) is 0 Å².